The summed E-state index contributed by atoms with van der Waals surface area (Å²) >= 11 is 6.14. The second kappa shape index (κ2) is 10.1. The maximum absolute atomic E-state index is 13.3. The van der Waals surface area contributed by atoms with Crippen molar-refractivity contribution in [3.05, 3.63) is 71.1 Å². The monoisotopic (exact) mass is 453 g/mol. The van der Waals surface area contributed by atoms with E-state index < -0.39 is 0 Å². The largest absolute Gasteiger partial charge is 0.491 e. The Balaban J connectivity index is 1.35. The molecule has 0 aliphatic carbocycles. The van der Waals surface area contributed by atoms with Crippen molar-refractivity contribution in [1.29, 1.82) is 0 Å². The van der Waals surface area contributed by atoms with Gasteiger partial charge in [-0.1, -0.05) is 43.6 Å². The van der Waals surface area contributed by atoms with E-state index in [2.05, 4.69) is 28.8 Å². The molecule has 2 aromatic heterocycles. The molecule has 1 fully saturated rings. The molecule has 32 heavy (non-hydrogen) atoms. The molecular weight excluding hydrogens is 426 g/mol. The predicted molar refractivity (Wildman–Crippen MR) is 125 cm³/mol. The number of carbonyl (C=O) groups is 1. The van der Waals surface area contributed by atoms with Gasteiger partial charge in [-0.3, -0.25) is 9.69 Å². The van der Waals surface area contributed by atoms with E-state index in [1.54, 1.807) is 17.1 Å². The number of ether oxygens (including phenoxy) is 1. The van der Waals surface area contributed by atoms with Gasteiger partial charge < -0.3 is 9.64 Å². The van der Waals surface area contributed by atoms with E-state index >= 15 is 0 Å². The van der Waals surface area contributed by atoms with Gasteiger partial charge in [0.2, 0.25) is 0 Å². The van der Waals surface area contributed by atoms with Gasteiger partial charge in [-0.25, -0.2) is 9.67 Å². The van der Waals surface area contributed by atoms with E-state index in [1.165, 1.54) is 0 Å². The molecule has 0 N–H and O–H groups in total. The predicted octanol–water partition coefficient (Wildman–Crippen LogP) is 3.88. The Morgan fingerprint density at radius 3 is 2.53 bits per heavy atom. The summed E-state index contributed by atoms with van der Waals surface area (Å²) in [6, 6.07) is 13.2. The fraction of sp³-hybridized carbons (Fsp3) is 0.375. The minimum absolute atomic E-state index is 0.0304. The van der Waals surface area contributed by atoms with E-state index in [0.717, 1.165) is 31.1 Å². The summed E-state index contributed by atoms with van der Waals surface area (Å²) in [7, 11) is 0. The molecular formula is C24H28ClN5O2. The van der Waals surface area contributed by atoms with Crippen molar-refractivity contribution in [2.75, 3.05) is 39.3 Å². The van der Waals surface area contributed by atoms with Crippen molar-refractivity contribution in [2.24, 2.45) is 0 Å². The van der Waals surface area contributed by atoms with Crippen molar-refractivity contribution in [2.45, 2.75) is 19.8 Å². The van der Waals surface area contributed by atoms with Gasteiger partial charge in [0.1, 0.15) is 12.4 Å². The molecule has 0 unspecified atom stereocenters. The SMILES string of the molecule is CC(C)c1c(C(=O)N2CCN(CCOc3ccccc3Cl)CC2)cnn1-c1ccccn1. The summed E-state index contributed by atoms with van der Waals surface area (Å²) in [6.45, 7) is 8.48. The van der Waals surface area contributed by atoms with Crippen molar-refractivity contribution in [3.63, 3.8) is 0 Å². The second-order valence-corrected chi connectivity index (χ2v) is 8.52. The number of amides is 1. The van der Waals surface area contributed by atoms with Crippen LogP contribution in [0, 0.1) is 0 Å². The molecule has 1 aliphatic rings. The van der Waals surface area contributed by atoms with Gasteiger partial charge in [0.15, 0.2) is 5.82 Å². The van der Waals surface area contributed by atoms with Crippen molar-refractivity contribution in [3.8, 4) is 11.6 Å². The molecule has 0 bridgehead atoms. The maximum Gasteiger partial charge on any atom is 0.257 e. The van der Waals surface area contributed by atoms with E-state index in [-0.39, 0.29) is 11.8 Å². The number of piperazine rings is 1. The summed E-state index contributed by atoms with van der Waals surface area (Å²) in [4.78, 5) is 21.9. The number of para-hydroxylation sites is 1. The first-order chi connectivity index (χ1) is 15.5. The molecule has 8 heteroatoms. The topological polar surface area (TPSA) is 63.5 Å². The third-order valence-corrected chi connectivity index (χ3v) is 5.92. The highest BCUT2D eigenvalue weighted by molar-refractivity contribution is 6.32. The second-order valence-electron chi connectivity index (χ2n) is 8.11. The number of benzene rings is 1. The van der Waals surface area contributed by atoms with E-state index in [4.69, 9.17) is 16.3 Å². The minimum atomic E-state index is 0.0304. The molecule has 1 saturated heterocycles. The Labute approximate surface area is 193 Å². The van der Waals surface area contributed by atoms with Gasteiger partial charge in [0, 0.05) is 38.9 Å². The lowest BCUT2D eigenvalue weighted by Gasteiger charge is -2.34. The summed E-state index contributed by atoms with van der Waals surface area (Å²) in [5, 5.41) is 5.10. The molecule has 0 saturated carbocycles. The Hall–Kier alpha value is -2.90. The van der Waals surface area contributed by atoms with Crippen molar-refractivity contribution < 1.29 is 9.53 Å². The summed E-state index contributed by atoms with van der Waals surface area (Å²) < 4.78 is 7.58. The lowest BCUT2D eigenvalue weighted by molar-refractivity contribution is 0.0619. The molecule has 0 radical (unpaired) electrons. The van der Waals surface area contributed by atoms with Crippen LogP contribution in [0.4, 0.5) is 0 Å². The Morgan fingerprint density at radius 2 is 1.84 bits per heavy atom. The van der Waals surface area contributed by atoms with Gasteiger partial charge in [-0.2, -0.15) is 5.10 Å². The fourth-order valence-electron chi connectivity index (χ4n) is 3.93. The number of nitrogens with zero attached hydrogens (tertiary/aromatic N) is 5. The summed E-state index contributed by atoms with van der Waals surface area (Å²) in [5.74, 6) is 1.59. The first-order valence-corrected chi connectivity index (χ1v) is 11.3. The third kappa shape index (κ3) is 4.95. The molecule has 4 rings (SSSR count). The van der Waals surface area contributed by atoms with Crippen LogP contribution in [-0.4, -0.2) is 69.8 Å². The Morgan fingerprint density at radius 1 is 1.09 bits per heavy atom. The lowest BCUT2D eigenvalue weighted by Crippen LogP contribution is -2.49. The van der Waals surface area contributed by atoms with Crippen LogP contribution in [0.2, 0.25) is 5.02 Å². The quantitative estimate of drug-likeness (QED) is 0.543. The molecule has 1 aromatic carbocycles. The molecule has 1 aliphatic heterocycles. The standard InChI is InChI=1S/C24H28ClN5O2/c1-18(2)23-19(17-27-30(23)22-9-5-6-10-26-22)24(31)29-13-11-28(12-14-29)15-16-32-21-8-4-3-7-20(21)25/h3-10,17-18H,11-16H2,1-2H3. The highest BCUT2D eigenvalue weighted by Gasteiger charge is 2.27. The van der Waals surface area contributed by atoms with Crippen molar-refractivity contribution in [1.82, 2.24) is 24.6 Å². The number of rotatable bonds is 7. The van der Waals surface area contributed by atoms with Gasteiger partial charge in [0.25, 0.3) is 5.91 Å². The average Bonchev–Trinajstić information content (AvgIpc) is 3.26. The Bertz CT molecular complexity index is 1050. The van der Waals surface area contributed by atoms with E-state index in [1.807, 2.05) is 47.4 Å². The zero-order valence-corrected chi connectivity index (χ0v) is 19.2. The summed E-state index contributed by atoms with van der Waals surface area (Å²) in [6.07, 6.45) is 3.41. The molecule has 0 spiro atoms. The van der Waals surface area contributed by atoms with Crippen LogP contribution in [0.1, 0.15) is 35.8 Å². The zero-order valence-electron chi connectivity index (χ0n) is 18.4. The summed E-state index contributed by atoms with van der Waals surface area (Å²) in [5.41, 5.74) is 1.55. The molecule has 168 valence electrons. The minimum Gasteiger partial charge on any atom is -0.491 e. The normalized spacial score (nSPS) is 14.7. The molecule has 0 atom stereocenters. The van der Waals surface area contributed by atoms with Gasteiger partial charge >= 0.3 is 0 Å². The van der Waals surface area contributed by atoms with Crippen LogP contribution in [0.25, 0.3) is 5.82 Å². The first kappa shape index (κ1) is 22.3. The Kier molecular flexibility index (Phi) is 7.07. The van der Waals surface area contributed by atoms with Crippen LogP contribution in [-0.2, 0) is 0 Å². The smallest absolute Gasteiger partial charge is 0.257 e. The number of hydrogen-bond acceptors (Lipinski definition) is 5. The van der Waals surface area contributed by atoms with Crippen molar-refractivity contribution >= 4 is 17.5 Å². The lowest BCUT2D eigenvalue weighted by atomic mass is 10.0. The number of halogens is 1. The van der Waals surface area contributed by atoms with Crippen LogP contribution < -0.4 is 4.74 Å². The fourth-order valence-corrected chi connectivity index (χ4v) is 4.12. The van der Waals surface area contributed by atoms with E-state index in [0.29, 0.717) is 36.0 Å². The number of carbonyl (C=O) groups excluding carboxylic acids is 1. The highest BCUT2D eigenvalue weighted by Crippen LogP contribution is 2.25. The van der Waals surface area contributed by atoms with Crippen LogP contribution >= 0.6 is 11.6 Å². The number of hydrogen-bond donors (Lipinski definition) is 0. The zero-order chi connectivity index (χ0) is 22.5. The van der Waals surface area contributed by atoms with Gasteiger partial charge in [-0.15, -0.1) is 0 Å². The highest BCUT2D eigenvalue weighted by atomic mass is 35.5. The molecule has 1 amide bonds. The molecule has 3 heterocycles. The maximum atomic E-state index is 13.3. The first-order valence-electron chi connectivity index (χ1n) is 10.9. The molecule has 7 nitrogen and oxygen atoms in total. The van der Waals surface area contributed by atoms with Gasteiger partial charge in [-0.05, 0) is 30.2 Å². The number of aromatic nitrogens is 3. The molecule has 3 aromatic rings. The van der Waals surface area contributed by atoms with E-state index in [9.17, 15) is 4.79 Å². The van der Waals surface area contributed by atoms with Crippen LogP contribution in [0.3, 0.4) is 0 Å². The van der Waals surface area contributed by atoms with Gasteiger partial charge in [0.05, 0.1) is 22.5 Å². The van der Waals surface area contributed by atoms with Crippen LogP contribution in [0.15, 0.2) is 54.9 Å². The number of pyridine rings is 1. The van der Waals surface area contributed by atoms with Crippen LogP contribution in [0.5, 0.6) is 5.75 Å². The average molecular weight is 454 g/mol. The third-order valence-electron chi connectivity index (χ3n) is 5.61.